The molecule has 1 aromatic rings. The fraction of sp³-hybridized carbons (Fsp3) is 0.412. The molecule has 1 aromatic carbocycles. The second kappa shape index (κ2) is 6.57. The van der Waals surface area contributed by atoms with Crippen LogP contribution in [0.5, 0.6) is 0 Å². The molecular weight excluding hydrogens is 296 g/mol. The molecule has 22 heavy (non-hydrogen) atoms. The molecule has 0 atom stereocenters. The number of thioether (sulfide) groups is 1. The number of hydrogen-bond acceptors (Lipinski definition) is 4. The van der Waals surface area contributed by atoms with Crippen LogP contribution in [0.3, 0.4) is 0 Å². The van der Waals surface area contributed by atoms with Crippen molar-refractivity contribution in [2.24, 2.45) is 0 Å². The molecule has 2 aliphatic rings. The summed E-state index contributed by atoms with van der Waals surface area (Å²) in [5.41, 5.74) is 4.02. The molecule has 0 aromatic heterocycles. The number of benzene rings is 1. The van der Waals surface area contributed by atoms with Gasteiger partial charge in [0.05, 0.1) is 10.8 Å². The van der Waals surface area contributed by atoms with Gasteiger partial charge in [-0.3, -0.25) is 9.59 Å². The van der Waals surface area contributed by atoms with Gasteiger partial charge in [-0.15, -0.1) is 0 Å². The largest absolute Gasteiger partial charge is 0.352 e. The number of aryl methyl sites for hydroxylation is 2. The highest BCUT2D eigenvalue weighted by Gasteiger charge is 2.29. The molecule has 3 rings (SSSR count). The van der Waals surface area contributed by atoms with Crippen molar-refractivity contribution in [3.05, 3.63) is 39.9 Å². The van der Waals surface area contributed by atoms with Gasteiger partial charge in [-0.1, -0.05) is 24.8 Å². The van der Waals surface area contributed by atoms with Crippen LogP contribution in [0.25, 0.3) is 0 Å². The number of fused-ring (bicyclic) bond motifs is 1. The summed E-state index contributed by atoms with van der Waals surface area (Å²) in [4.78, 5) is 24.1. The van der Waals surface area contributed by atoms with E-state index in [2.05, 4.69) is 22.8 Å². The molecule has 0 fully saturated rings. The molecule has 1 aliphatic carbocycles. The first-order valence-electron chi connectivity index (χ1n) is 7.76. The van der Waals surface area contributed by atoms with Gasteiger partial charge in [-0.25, -0.2) is 0 Å². The summed E-state index contributed by atoms with van der Waals surface area (Å²) in [5.74, 6) is -0.0231. The van der Waals surface area contributed by atoms with Gasteiger partial charge in [0.15, 0.2) is 5.78 Å². The van der Waals surface area contributed by atoms with Crippen molar-refractivity contribution in [1.29, 1.82) is 0 Å². The topological polar surface area (TPSA) is 58.2 Å². The summed E-state index contributed by atoms with van der Waals surface area (Å²) in [6.07, 6.45) is 4.32. The van der Waals surface area contributed by atoms with E-state index in [1.54, 1.807) is 0 Å². The van der Waals surface area contributed by atoms with E-state index in [4.69, 9.17) is 0 Å². The van der Waals surface area contributed by atoms with Crippen molar-refractivity contribution in [2.75, 3.05) is 17.6 Å². The lowest BCUT2D eigenvalue weighted by Gasteiger charge is -2.11. The number of nitrogens with one attached hydrogen (secondary N) is 2. The highest BCUT2D eigenvalue weighted by molar-refractivity contribution is 8.04. The van der Waals surface area contributed by atoms with Crippen LogP contribution in [0.15, 0.2) is 28.8 Å². The molecule has 1 amide bonds. The SMILES string of the molecule is CCCNC(=O)C1=C(Nc2ccc3c(c2)CCC3)SCC1=O. The Labute approximate surface area is 134 Å². The highest BCUT2D eigenvalue weighted by Crippen LogP contribution is 2.32. The zero-order chi connectivity index (χ0) is 15.5. The summed E-state index contributed by atoms with van der Waals surface area (Å²) < 4.78 is 0. The first kappa shape index (κ1) is 15.2. The Bertz CT molecular complexity index is 652. The van der Waals surface area contributed by atoms with E-state index in [-0.39, 0.29) is 17.3 Å². The summed E-state index contributed by atoms with van der Waals surface area (Å²) in [6.45, 7) is 2.58. The lowest BCUT2D eigenvalue weighted by molar-refractivity contribution is -0.121. The fourth-order valence-electron chi connectivity index (χ4n) is 2.84. The first-order valence-corrected chi connectivity index (χ1v) is 8.75. The Morgan fingerprint density at radius 2 is 2.09 bits per heavy atom. The van der Waals surface area contributed by atoms with E-state index >= 15 is 0 Å². The van der Waals surface area contributed by atoms with Gasteiger partial charge in [-0.2, -0.15) is 0 Å². The van der Waals surface area contributed by atoms with Gasteiger partial charge in [0, 0.05) is 12.2 Å². The van der Waals surface area contributed by atoms with E-state index in [0.717, 1.165) is 24.9 Å². The minimum atomic E-state index is -0.263. The summed E-state index contributed by atoms with van der Waals surface area (Å²) in [7, 11) is 0. The molecule has 4 nitrogen and oxygen atoms in total. The van der Waals surface area contributed by atoms with Gasteiger partial charge in [0.2, 0.25) is 0 Å². The average Bonchev–Trinajstić information content (AvgIpc) is 3.11. The van der Waals surface area contributed by atoms with Crippen LogP contribution < -0.4 is 10.6 Å². The zero-order valence-electron chi connectivity index (χ0n) is 12.7. The number of rotatable bonds is 5. The molecule has 116 valence electrons. The molecule has 1 aliphatic heterocycles. The van der Waals surface area contributed by atoms with Crippen molar-refractivity contribution in [2.45, 2.75) is 32.6 Å². The fourth-order valence-corrected chi connectivity index (χ4v) is 3.81. The van der Waals surface area contributed by atoms with Crippen LogP contribution >= 0.6 is 11.8 Å². The lowest BCUT2D eigenvalue weighted by Crippen LogP contribution is -2.29. The van der Waals surface area contributed by atoms with Gasteiger partial charge >= 0.3 is 0 Å². The molecular formula is C17H20N2O2S. The first-order chi connectivity index (χ1) is 10.7. The third kappa shape index (κ3) is 3.04. The lowest BCUT2D eigenvalue weighted by atomic mass is 10.1. The average molecular weight is 316 g/mol. The van der Waals surface area contributed by atoms with Gasteiger partial charge in [0.1, 0.15) is 5.57 Å². The Balaban J connectivity index is 1.81. The van der Waals surface area contributed by atoms with Crippen molar-refractivity contribution >= 4 is 29.1 Å². The summed E-state index contributed by atoms with van der Waals surface area (Å²) in [6, 6.07) is 6.31. The smallest absolute Gasteiger partial charge is 0.257 e. The second-order valence-electron chi connectivity index (χ2n) is 5.63. The predicted molar refractivity (Wildman–Crippen MR) is 89.9 cm³/mol. The van der Waals surface area contributed by atoms with Crippen LogP contribution in [0.2, 0.25) is 0 Å². The number of amides is 1. The van der Waals surface area contributed by atoms with Crippen LogP contribution in [0.1, 0.15) is 30.9 Å². The number of anilines is 1. The van der Waals surface area contributed by atoms with E-state index in [9.17, 15) is 9.59 Å². The van der Waals surface area contributed by atoms with Crippen molar-refractivity contribution in [1.82, 2.24) is 5.32 Å². The number of hydrogen-bond donors (Lipinski definition) is 2. The Hall–Kier alpha value is -1.75. The maximum Gasteiger partial charge on any atom is 0.257 e. The maximum atomic E-state index is 12.2. The minimum absolute atomic E-state index is 0.0951. The van der Waals surface area contributed by atoms with Crippen molar-refractivity contribution < 1.29 is 9.59 Å². The van der Waals surface area contributed by atoms with Gasteiger partial charge < -0.3 is 10.6 Å². The number of Topliss-reactive ketones (excluding diaryl/α,β-unsaturated/α-hetero) is 1. The van der Waals surface area contributed by atoms with Crippen LogP contribution in [-0.4, -0.2) is 24.0 Å². The number of carbonyl (C=O) groups excluding carboxylic acids is 2. The third-order valence-electron chi connectivity index (χ3n) is 3.97. The second-order valence-corrected chi connectivity index (χ2v) is 6.62. The predicted octanol–water partition coefficient (Wildman–Crippen LogP) is 2.64. The van der Waals surface area contributed by atoms with Crippen molar-refractivity contribution in [3.8, 4) is 0 Å². The third-order valence-corrected chi connectivity index (χ3v) is 4.97. The van der Waals surface area contributed by atoms with Crippen LogP contribution in [0, 0.1) is 0 Å². The molecule has 1 heterocycles. The molecule has 0 unspecified atom stereocenters. The van der Waals surface area contributed by atoms with E-state index < -0.39 is 0 Å². The Morgan fingerprint density at radius 3 is 2.91 bits per heavy atom. The van der Waals surface area contributed by atoms with Crippen LogP contribution in [-0.2, 0) is 22.4 Å². The Kier molecular flexibility index (Phi) is 4.52. The molecule has 0 saturated heterocycles. The van der Waals surface area contributed by atoms with E-state index in [1.165, 1.54) is 29.3 Å². The molecule has 0 radical (unpaired) electrons. The maximum absolute atomic E-state index is 12.2. The number of carbonyl (C=O) groups is 2. The summed E-state index contributed by atoms with van der Waals surface area (Å²) in [5, 5.41) is 6.74. The standard InChI is InChI=1S/C17H20N2O2S/c1-2-8-18-16(21)15-14(20)10-22-17(15)19-13-7-6-11-4-3-5-12(11)9-13/h6-7,9,19H,2-5,8,10H2,1H3,(H,18,21). The minimum Gasteiger partial charge on any atom is -0.352 e. The molecule has 5 heteroatoms. The monoisotopic (exact) mass is 316 g/mol. The molecule has 2 N–H and O–H groups in total. The molecule has 0 saturated carbocycles. The van der Waals surface area contributed by atoms with Crippen molar-refractivity contribution in [3.63, 3.8) is 0 Å². The Morgan fingerprint density at radius 1 is 1.27 bits per heavy atom. The quantitative estimate of drug-likeness (QED) is 0.820. The van der Waals surface area contributed by atoms with Crippen LogP contribution in [0.4, 0.5) is 5.69 Å². The van der Waals surface area contributed by atoms with Gasteiger partial charge in [-0.05, 0) is 48.9 Å². The summed E-state index contributed by atoms with van der Waals surface area (Å²) >= 11 is 1.41. The number of ketones is 1. The van der Waals surface area contributed by atoms with E-state index in [1.807, 2.05) is 13.0 Å². The molecule has 0 spiro atoms. The highest BCUT2D eigenvalue weighted by atomic mass is 32.2. The molecule has 0 bridgehead atoms. The van der Waals surface area contributed by atoms with E-state index in [0.29, 0.717) is 17.3 Å². The zero-order valence-corrected chi connectivity index (χ0v) is 13.5. The normalized spacial score (nSPS) is 16.9. The van der Waals surface area contributed by atoms with Gasteiger partial charge in [0.25, 0.3) is 5.91 Å².